The second kappa shape index (κ2) is 9.21. The van der Waals surface area contributed by atoms with E-state index < -0.39 is 0 Å². The molecular weight excluding hydrogens is 328 g/mol. The van der Waals surface area contributed by atoms with Crippen molar-refractivity contribution in [1.82, 2.24) is 14.8 Å². The van der Waals surface area contributed by atoms with Gasteiger partial charge in [-0.15, -0.1) is 0 Å². The smallest absolute Gasteiger partial charge is 0.409 e. The van der Waals surface area contributed by atoms with Gasteiger partial charge in [0.1, 0.15) is 5.82 Å². The van der Waals surface area contributed by atoms with E-state index in [4.69, 9.17) is 4.74 Å². The number of carbonyl (C=O) groups is 1. The molecule has 144 valence electrons. The number of ether oxygens (including phenoxy) is 1. The Morgan fingerprint density at radius 2 is 2.04 bits per heavy atom. The summed E-state index contributed by atoms with van der Waals surface area (Å²) in [7, 11) is 1.95. The first-order chi connectivity index (χ1) is 12.7. The molecule has 1 unspecified atom stereocenters. The standard InChI is InChI=1S/C20H32N4O2/c1-3-26-20(25)24-12-5-6-17(10-15-24)23-13-8-16(9-14-23)18-7-4-11-22-19(18)21-2/h4,7,11,16-17H,3,5-6,8-10,12-15H2,1-2H3,(H,21,22). The van der Waals surface area contributed by atoms with Crippen molar-refractivity contribution in [3.05, 3.63) is 23.9 Å². The average Bonchev–Trinajstić information content (AvgIpc) is 2.94. The fourth-order valence-electron chi connectivity index (χ4n) is 4.37. The molecule has 2 fully saturated rings. The van der Waals surface area contributed by atoms with Crippen molar-refractivity contribution >= 4 is 11.9 Å². The number of hydrogen-bond donors (Lipinski definition) is 1. The summed E-state index contributed by atoms with van der Waals surface area (Å²) >= 11 is 0. The van der Waals surface area contributed by atoms with Crippen molar-refractivity contribution in [2.24, 2.45) is 0 Å². The van der Waals surface area contributed by atoms with Crippen LogP contribution in [0.3, 0.4) is 0 Å². The Balaban J connectivity index is 1.53. The lowest BCUT2D eigenvalue weighted by molar-refractivity contribution is 0.105. The average molecular weight is 361 g/mol. The topological polar surface area (TPSA) is 57.7 Å². The zero-order chi connectivity index (χ0) is 18.4. The van der Waals surface area contributed by atoms with E-state index in [2.05, 4.69) is 21.3 Å². The molecule has 0 bridgehead atoms. The Morgan fingerprint density at radius 3 is 2.77 bits per heavy atom. The van der Waals surface area contributed by atoms with E-state index in [0.29, 0.717) is 18.6 Å². The highest BCUT2D eigenvalue weighted by Gasteiger charge is 2.29. The number of rotatable bonds is 4. The van der Waals surface area contributed by atoms with Gasteiger partial charge in [-0.25, -0.2) is 9.78 Å². The largest absolute Gasteiger partial charge is 0.450 e. The molecule has 6 nitrogen and oxygen atoms in total. The maximum absolute atomic E-state index is 12.0. The molecule has 0 aliphatic carbocycles. The highest BCUT2D eigenvalue weighted by Crippen LogP contribution is 2.33. The minimum Gasteiger partial charge on any atom is -0.450 e. The first-order valence-electron chi connectivity index (χ1n) is 10.0. The summed E-state index contributed by atoms with van der Waals surface area (Å²) in [4.78, 5) is 21.0. The van der Waals surface area contributed by atoms with E-state index in [-0.39, 0.29) is 6.09 Å². The maximum atomic E-state index is 12.0. The second-order valence-corrected chi connectivity index (χ2v) is 7.27. The third-order valence-corrected chi connectivity index (χ3v) is 5.79. The Bertz CT molecular complexity index is 587. The predicted molar refractivity (Wildman–Crippen MR) is 104 cm³/mol. The third kappa shape index (κ3) is 4.47. The molecule has 2 aliphatic heterocycles. The molecule has 1 atom stereocenters. The van der Waals surface area contributed by atoms with Gasteiger partial charge in [-0.2, -0.15) is 0 Å². The minimum atomic E-state index is -0.150. The number of aromatic nitrogens is 1. The van der Waals surface area contributed by atoms with Crippen LogP contribution in [0.2, 0.25) is 0 Å². The van der Waals surface area contributed by atoms with Gasteiger partial charge in [0.05, 0.1) is 6.61 Å². The first kappa shape index (κ1) is 19.0. The van der Waals surface area contributed by atoms with Crippen LogP contribution in [0.5, 0.6) is 0 Å². The van der Waals surface area contributed by atoms with E-state index in [1.807, 2.05) is 31.1 Å². The zero-order valence-corrected chi connectivity index (χ0v) is 16.1. The van der Waals surface area contributed by atoms with Gasteiger partial charge in [-0.1, -0.05) is 6.07 Å². The van der Waals surface area contributed by atoms with E-state index in [1.165, 1.54) is 24.8 Å². The zero-order valence-electron chi connectivity index (χ0n) is 16.1. The number of amides is 1. The number of likely N-dealkylation sites (tertiary alicyclic amines) is 2. The monoisotopic (exact) mass is 360 g/mol. The lowest BCUT2D eigenvalue weighted by Gasteiger charge is -2.37. The molecule has 2 aliphatic rings. The number of nitrogens with zero attached hydrogens (tertiary/aromatic N) is 3. The molecule has 1 aromatic heterocycles. The van der Waals surface area contributed by atoms with Gasteiger partial charge in [0.25, 0.3) is 0 Å². The van der Waals surface area contributed by atoms with Gasteiger partial charge in [0.2, 0.25) is 0 Å². The summed E-state index contributed by atoms with van der Waals surface area (Å²) in [5, 5.41) is 3.23. The van der Waals surface area contributed by atoms with Crippen molar-refractivity contribution in [2.75, 3.05) is 45.2 Å². The summed E-state index contributed by atoms with van der Waals surface area (Å²) in [6.07, 6.45) is 7.36. The molecule has 0 aromatic carbocycles. The van der Waals surface area contributed by atoms with Crippen LogP contribution < -0.4 is 5.32 Å². The van der Waals surface area contributed by atoms with Crippen LogP contribution >= 0.6 is 0 Å². The number of pyridine rings is 1. The number of nitrogens with one attached hydrogen (secondary N) is 1. The molecule has 0 spiro atoms. The molecule has 2 saturated heterocycles. The van der Waals surface area contributed by atoms with Crippen LogP contribution in [0.4, 0.5) is 10.6 Å². The van der Waals surface area contributed by atoms with Gasteiger partial charge in [-0.05, 0) is 69.7 Å². The molecule has 0 radical (unpaired) electrons. The molecule has 3 heterocycles. The Morgan fingerprint density at radius 1 is 1.23 bits per heavy atom. The fraction of sp³-hybridized carbons (Fsp3) is 0.700. The SMILES string of the molecule is CCOC(=O)N1CCCC(N2CCC(c3cccnc3NC)CC2)CC1. The Kier molecular flexibility index (Phi) is 6.72. The summed E-state index contributed by atoms with van der Waals surface area (Å²) in [6, 6.07) is 4.84. The summed E-state index contributed by atoms with van der Waals surface area (Å²) < 4.78 is 5.16. The van der Waals surface area contributed by atoms with E-state index in [0.717, 1.165) is 44.8 Å². The molecule has 6 heteroatoms. The lowest BCUT2D eigenvalue weighted by Crippen LogP contribution is -2.41. The van der Waals surface area contributed by atoms with Crippen LogP contribution in [0.15, 0.2) is 18.3 Å². The van der Waals surface area contributed by atoms with Crippen LogP contribution in [0.25, 0.3) is 0 Å². The number of piperidine rings is 1. The summed E-state index contributed by atoms with van der Waals surface area (Å²) in [5.74, 6) is 1.61. The van der Waals surface area contributed by atoms with E-state index >= 15 is 0 Å². The normalized spacial score (nSPS) is 22.7. The first-order valence-corrected chi connectivity index (χ1v) is 10.0. The Hall–Kier alpha value is -1.82. The van der Waals surface area contributed by atoms with Crippen LogP contribution in [-0.4, -0.2) is 66.8 Å². The van der Waals surface area contributed by atoms with Crippen molar-refractivity contribution in [3.63, 3.8) is 0 Å². The van der Waals surface area contributed by atoms with Gasteiger partial charge >= 0.3 is 6.09 Å². The molecule has 3 rings (SSSR count). The Labute approximate surface area is 156 Å². The molecule has 1 amide bonds. The van der Waals surface area contributed by atoms with Crippen molar-refractivity contribution < 1.29 is 9.53 Å². The molecule has 0 saturated carbocycles. The minimum absolute atomic E-state index is 0.150. The van der Waals surface area contributed by atoms with Crippen molar-refractivity contribution in [1.29, 1.82) is 0 Å². The highest BCUT2D eigenvalue weighted by atomic mass is 16.6. The number of hydrogen-bond acceptors (Lipinski definition) is 5. The number of carbonyl (C=O) groups excluding carboxylic acids is 1. The van der Waals surface area contributed by atoms with Crippen LogP contribution in [0.1, 0.15) is 50.5 Å². The predicted octanol–water partition coefficient (Wildman–Crippen LogP) is 3.31. The van der Waals surface area contributed by atoms with Gasteiger partial charge < -0.3 is 19.9 Å². The van der Waals surface area contributed by atoms with Gasteiger partial charge in [-0.3, -0.25) is 0 Å². The van der Waals surface area contributed by atoms with E-state index in [1.54, 1.807) is 0 Å². The lowest BCUT2D eigenvalue weighted by atomic mass is 9.88. The maximum Gasteiger partial charge on any atom is 0.409 e. The second-order valence-electron chi connectivity index (χ2n) is 7.27. The van der Waals surface area contributed by atoms with Crippen LogP contribution in [-0.2, 0) is 4.74 Å². The number of anilines is 1. The van der Waals surface area contributed by atoms with Crippen LogP contribution in [0, 0.1) is 0 Å². The van der Waals surface area contributed by atoms with Gasteiger partial charge in [0.15, 0.2) is 0 Å². The van der Waals surface area contributed by atoms with Crippen molar-refractivity contribution in [3.8, 4) is 0 Å². The summed E-state index contributed by atoms with van der Waals surface area (Å²) in [6.45, 7) is 6.22. The van der Waals surface area contributed by atoms with Gasteiger partial charge in [0, 0.05) is 32.4 Å². The molecule has 1 aromatic rings. The summed E-state index contributed by atoms with van der Waals surface area (Å²) in [5.41, 5.74) is 1.35. The highest BCUT2D eigenvalue weighted by molar-refractivity contribution is 5.67. The fourth-order valence-corrected chi connectivity index (χ4v) is 4.37. The third-order valence-electron chi connectivity index (χ3n) is 5.79. The van der Waals surface area contributed by atoms with E-state index in [9.17, 15) is 4.79 Å². The molecular formula is C20H32N4O2. The molecule has 1 N–H and O–H groups in total. The van der Waals surface area contributed by atoms with Crippen molar-refractivity contribution in [2.45, 2.75) is 51.0 Å². The molecule has 26 heavy (non-hydrogen) atoms. The quantitative estimate of drug-likeness (QED) is 0.893.